The van der Waals surface area contributed by atoms with Crippen LogP contribution in [-0.4, -0.2) is 20.1 Å². The Labute approximate surface area is 145 Å². The zero-order valence-electron chi connectivity index (χ0n) is 13.0. The molecule has 0 aliphatic heterocycles. The molecule has 0 fully saturated rings. The van der Waals surface area contributed by atoms with Crippen molar-refractivity contribution in [2.24, 2.45) is 0 Å². The molecule has 2 aromatic rings. The van der Waals surface area contributed by atoms with Crippen LogP contribution in [0.5, 0.6) is 11.5 Å². The first-order valence-corrected chi connectivity index (χ1v) is 7.69. The molecule has 1 amide bonds. The minimum atomic E-state index is -0.264. The van der Waals surface area contributed by atoms with Crippen molar-refractivity contribution in [1.29, 1.82) is 0 Å². The molecule has 0 radical (unpaired) electrons. The molecule has 1 atom stereocenters. The summed E-state index contributed by atoms with van der Waals surface area (Å²) in [6, 6.07) is 10.3. The van der Waals surface area contributed by atoms with Crippen molar-refractivity contribution in [2.45, 2.75) is 13.0 Å². The van der Waals surface area contributed by atoms with Crippen LogP contribution < -0.4 is 14.8 Å². The number of hydrogen-bond donors (Lipinski definition) is 1. The van der Waals surface area contributed by atoms with E-state index in [1.54, 1.807) is 18.2 Å². The summed E-state index contributed by atoms with van der Waals surface area (Å²) in [7, 11) is 2.98. The molecule has 4 nitrogen and oxygen atoms in total. The van der Waals surface area contributed by atoms with Gasteiger partial charge in [0.15, 0.2) is 11.5 Å². The normalized spacial score (nSPS) is 11.7. The summed E-state index contributed by atoms with van der Waals surface area (Å²) < 4.78 is 10.4. The van der Waals surface area contributed by atoms with E-state index in [0.29, 0.717) is 27.1 Å². The maximum atomic E-state index is 12.4. The maximum Gasteiger partial charge on any atom is 0.251 e. The highest BCUT2D eigenvalue weighted by Gasteiger charge is 2.17. The standard InChI is InChI=1S/C17H17Cl2NO3/c1-10(11-5-4-6-13(18)7-11)20-17(21)12-8-14(19)16(23-3)15(9-12)22-2/h4-10H,1-3H3,(H,20,21). The van der Waals surface area contributed by atoms with Crippen molar-refractivity contribution in [3.05, 3.63) is 57.6 Å². The lowest BCUT2D eigenvalue weighted by atomic mass is 10.1. The Morgan fingerprint density at radius 3 is 2.48 bits per heavy atom. The first-order chi connectivity index (χ1) is 11.0. The van der Waals surface area contributed by atoms with Gasteiger partial charge in [-0.1, -0.05) is 35.3 Å². The second-order valence-corrected chi connectivity index (χ2v) is 5.79. The molecular formula is C17H17Cl2NO3. The van der Waals surface area contributed by atoms with Crippen LogP contribution >= 0.6 is 23.2 Å². The van der Waals surface area contributed by atoms with Gasteiger partial charge in [-0.3, -0.25) is 4.79 Å². The second-order valence-electron chi connectivity index (χ2n) is 4.94. The molecule has 0 aromatic heterocycles. The average molecular weight is 354 g/mol. The summed E-state index contributed by atoms with van der Waals surface area (Å²) in [5.74, 6) is 0.537. The zero-order valence-corrected chi connectivity index (χ0v) is 14.5. The van der Waals surface area contributed by atoms with Gasteiger partial charge in [-0.15, -0.1) is 0 Å². The van der Waals surface area contributed by atoms with E-state index in [1.807, 2.05) is 25.1 Å². The lowest BCUT2D eigenvalue weighted by Gasteiger charge is -2.16. The molecule has 23 heavy (non-hydrogen) atoms. The Balaban J connectivity index is 2.22. The Kier molecular flexibility index (Phi) is 5.74. The van der Waals surface area contributed by atoms with Gasteiger partial charge in [-0.25, -0.2) is 0 Å². The Hall–Kier alpha value is -1.91. The number of hydrogen-bond acceptors (Lipinski definition) is 3. The van der Waals surface area contributed by atoms with E-state index in [0.717, 1.165) is 5.56 Å². The molecule has 0 spiro atoms. The van der Waals surface area contributed by atoms with Crippen molar-refractivity contribution >= 4 is 29.1 Å². The fourth-order valence-electron chi connectivity index (χ4n) is 2.19. The zero-order chi connectivity index (χ0) is 17.0. The van der Waals surface area contributed by atoms with E-state index < -0.39 is 0 Å². The quantitative estimate of drug-likeness (QED) is 0.860. The van der Waals surface area contributed by atoms with Gasteiger partial charge < -0.3 is 14.8 Å². The number of benzene rings is 2. The van der Waals surface area contributed by atoms with Gasteiger partial charge in [0.25, 0.3) is 5.91 Å². The molecular weight excluding hydrogens is 337 g/mol. The van der Waals surface area contributed by atoms with E-state index in [9.17, 15) is 4.79 Å². The number of rotatable bonds is 5. The molecule has 2 aromatic carbocycles. The maximum absolute atomic E-state index is 12.4. The van der Waals surface area contributed by atoms with Gasteiger partial charge in [0.1, 0.15) is 0 Å². The second kappa shape index (κ2) is 7.57. The van der Waals surface area contributed by atoms with Crippen LogP contribution in [0.25, 0.3) is 0 Å². The third-order valence-corrected chi connectivity index (χ3v) is 3.91. The summed E-state index contributed by atoms with van der Waals surface area (Å²) in [4.78, 5) is 12.4. The summed E-state index contributed by atoms with van der Waals surface area (Å²) in [6.07, 6.45) is 0. The smallest absolute Gasteiger partial charge is 0.251 e. The van der Waals surface area contributed by atoms with Crippen molar-refractivity contribution < 1.29 is 14.3 Å². The number of ether oxygens (including phenoxy) is 2. The third kappa shape index (κ3) is 4.09. The molecule has 2 rings (SSSR count). The highest BCUT2D eigenvalue weighted by atomic mass is 35.5. The number of halogens is 2. The average Bonchev–Trinajstić information content (AvgIpc) is 2.53. The van der Waals surface area contributed by atoms with Crippen molar-refractivity contribution in [1.82, 2.24) is 5.32 Å². The molecule has 122 valence electrons. The van der Waals surface area contributed by atoms with Crippen LogP contribution in [-0.2, 0) is 0 Å². The number of carbonyl (C=O) groups excluding carboxylic acids is 1. The first-order valence-electron chi connectivity index (χ1n) is 6.94. The highest BCUT2D eigenvalue weighted by Crippen LogP contribution is 2.36. The number of methoxy groups -OCH3 is 2. The van der Waals surface area contributed by atoms with Gasteiger partial charge in [0, 0.05) is 10.6 Å². The highest BCUT2D eigenvalue weighted by molar-refractivity contribution is 6.32. The first kappa shape index (κ1) is 17.4. The van der Waals surface area contributed by atoms with Crippen LogP contribution in [0.3, 0.4) is 0 Å². The molecule has 0 saturated carbocycles. The molecule has 0 aliphatic rings. The van der Waals surface area contributed by atoms with E-state index >= 15 is 0 Å². The predicted octanol–water partition coefficient (Wildman–Crippen LogP) is 4.50. The van der Waals surface area contributed by atoms with Gasteiger partial charge in [0.2, 0.25) is 0 Å². The largest absolute Gasteiger partial charge is 0.493 e. The van der Waals surface area contributed by atoms with Gasteiger partial charge in [-0.05, 0) is 36.8 Å². The van der Waals surface area contributed by atoms with Gasteiger partial charge >= 0.3 is 0 Å². The van der Waals surface area contributed by atoms with E-state index in [1.165, 1.54) is 14.2 Å². The molecule has 6 heteroatoms. The fraction of sp³-hybridized carbons (Fsp3) is 0.235. The molecule has 1 N–H and O–H groups in total. The molecule has 0 saturated heterocycles. The van der Waals surface area contributed by atoms with Gasteiger partial charge in [0.05, 0.1) is 25.3 Å². The molecule has 0 bridgehead atoms. The minimum Gasteiger partial charge on any atom is -0.493 e. The molecule has 0 heterocycles. The van der Waals surface area contributed by atoms with E-state index in [2.05, 4.69) is 5.32 Å². The summed E-state index contributed by atoms with van der Waals surface area (Å²) in [5, 5.41) is 3.84. The number of amides is 1. The van der Waals surface area contributed by atoms with E-state index in [4.69, 9.17) is 32.7 Å². The fourth-order valence-corrected chi connectivity index (χ4v) is 2.67. The lowest BCUT2D eigenvalue weighted by Crippen LogP contribution is -2.26. The van der Waals surface area contributed by atoms with Crippen molar-refractivity contribution in [2.75, 3.05) is 14.2 Å². The third-order valence-electron chi connectivity index (χ3n) is 3.39. The molecule has 0 aliphatic carbocycles. The van der Waals surface area contributed by atoms with Crippen LogP contribution in [0.1, 0.15) is 28.9 Å². The van der Waals surface area contributed by atoms with E-state index in [-0.39, 0.29) is 11.9 Å². The van der Waals surface area contributed by atoms with Crippen molar-refractivity contribution in [3.63, 3.8) is 0 Å². The Morgan fingerprint density at radius 2 is 1.87 bits per heavy atom. The number of nitrogens with one attached hydrogen (secondary N) is 1. The minimum absolute atomic E-state index is 0.201. The summed E-state index contributed by atoms with van der Waals surface area (Å²) in [6.45, 7) is 1.88. The van der Waals surface area contributed by atoms with Crippen LogP contribution in [0.4, 0.5) is 0 Å². The summed E-state index contributed by atoms with van der Waals surface area (Å²) >= 11 is 12.1. The summed E-state index contributed by atoms with van der Waals surface area (Å²) in [5.41, 5.74) is 1.30. The van der Waals surface area contributed by atoms with Crippen LogP contribution in [0.15, 0.2) is 36.4 Å². The van der Waals surface area contributed by atoms with Crippen LogP contribution in [0.2, 0.25) is 10.0 Å². The SMILES string of the molecule is COc1cc(C(=O)NC(C)c2cccc(Cl)c2)cc(Cl)c1OC. The lowest BCUT2D eigenvalue weighted by molar-refractivity contribution is 0.0939. The van der Waals surface area contributed by atoms with Crippen LogP contribution in [0, 0.1) is 0 Å². The Bertz CT molecular complexity index is 719. The number of carbonyl (C=O) groups is 1. The topological polar surface area (TPSA) is 47.6 Å². The monoisotopic (exact) mass is 353 g/mol. The molecule has 1 unspecified atom stereocenters. The van der Waals surface area contributed by atoms with Crippen molar-refractivity contribution in [3.8, 4) is 11.5 Å². The predicted molar refractivity (Wildman–Crippen MR) is 91.9 cm³/mol. The Morgan fingerprint density at radius 1 is 1.13 bits per heavy atom. The van der Waals surface area contributed by atoms with Gasteiger partial charge in [-0.2, -0.15) is 0 Å².